The first-order valence-electron chi connectivity index (χ1n) is 7.65. The molecular weight excluding hydrogens is 343 g/mol. The van der Waals surface area contributed by atoms with Crippen LogP contribution in [0.15, 0.2) is 48.5 Å². The highest BCUT2D eigenvalue weighted by Gasteiger charge is 2.22. The lowest BCUT2D eigenvalue weighted by Gasteiger charge is -2.14. The van der Waals surface area contributed by atoms with E-state index in [1.54, 1.807) is 0 Å². The summed E-state index contributed by atoms with van der Waals surface area (Å²) < 4.78 is 14.0. The quantitative estimate of drug-likeness (QED) is 0.708. The number of nitrogens with zero attached hydrogens (tertiary/aromatic N) is 1. The summed E-state index contributed by atoms with van der Waals surface area (Å²) in [5.41, 5.74) is 1.21. The molecule has 1 atom stereocenters. The van der Waals surface area contributed by atoms with Gasteiger partial charge in [-0.05, 0) is 29.8 Å². The van der Waals surface area contributed by atoms with Gasteiger partial charge in [0.25, 0.3) is 0 Å². The zero-order valence-electron chi connectivity index (χ0n) is 13.1. The fourth-order valence-electron chi connectivity index (χ4n) is 2.42. The Morgan fingerprint density at radius 1 is 1.16 bits per heavy atom. The van der Waals surface area contributed by atoms with Crippen molar-refractivity contribution in [3.8, 4) is 0 Å². The Kier molecular flexibility index (Phi) is 5.04. The van der Waals surface area contributed by atoms with Crippen molar-refractivity contribution in [3.05, 3.63) is 64.9 Å². The fourth-order valence-corrected chi connectivity index (χ4v) is 3.39. The fraction of sp³-hybridized carbons (Fsp3) is 0.167. The molecule has 0 spiro atoms. The third-order valence-electron chi connectivity index (χ3n) is 3.66. The minimum Gasteiger partial charge on any atom is -0.479 e. The number of aryl methyl sites for hydroxylation is 1. The van der Waals surface area contributed by atoms with Gasteiger partial charge in [0.05, 0.1) is 15.2 Å². The first kappa shape index (κ1) is 17.0. The molecule has 1 amide bonds. The van der Waals surface area contributed by atoms with Crippen molar-refractivity contribution in [2.45, 2.75) is 18.9 Å². The Morgan fingerprint density at radius 3 is 2.56 bits per heavy atom. The molecular formula is C18H15FN2O3S. The molecule has 0 fully saturated rings. The third-order valence-corrected chi connectivity index (χ3v) is 4.76. The Labute approximate surface area is 147 Å². The number of aromatic nitrogens is 1. The van der Waals surface area contributed by atoms with Gasteiger partial charge in [0, 0.05) is 12.8 Å². The van der Waals surface area contributed by atoms with Gasteiger partial charge in [-0.15, -0.1) is 11.3 Å². The number of carbonyl (C=O) groups is 2. The van der Waals surface area contributed by atoms with Gasteiger partial charge >= 0.3 is 5.97 Å². The highest BCUT2D eigenvalue weighted by Crippen LogP contribution is 2.22. The first-order chi connectivity index (χ1) is 12.0. The molecule has 25 heavy (non-hydrogen) atoms. The van der Waals surface area contributed by atoms with E-state index in [1.807, 2.05) is 24.3 Å². The van der Waals surface area contributed by atoms with E-state index in [0.717, 1.165) is 15.2 Å². The lowest BCUT2D eigenvalue weighted by molar-refractivity contribution is -0.142. The second-order valence-electron chi connectivity index (χ2n) is 5.47. The number of hydrogen-bond donors (Lipinski definition) is 2. The maximum Gasteiger partial charge on any atom is 0.330 e. The van der Waals surface area contributed by atoms with Gasteiger partial charge in [-0.1, -0.05) is 24.3 Å². The lowest BCUT2D eigenvalue weighted by Crippen LogP contribution is -2.33. The number of aliphatic carboxylic acids is 1. The predicted octanol–water partition coefficient (Wildman–Crippen LogP) is 3.31. The van der Waals surface area contributed by atoms with Gasteiger partial charge < -0.3 is 10.4 Å². The lowest BCUT2D eigenvalue weighted by atomic mass is 10.1. The Bertz CT molecular complexity index is 875. The first-order valence-corrected chi connectivity index (χ1v) is 8.46. The molecule has 2 aromatic carbocycles. The smallest absolute Gasteiger partial charge is 0.330 e. The number of para-hydroxylation sites is 1. The minimum absolute atomic E-state index is 0.130. The van der Waals surface area contributed by atoms with E-state index in [4.69, 9.17) is 0 Å². The summed E-state index contributed by atoms with van der Waals surface area (Å²) in [7, 11) is 0. The van der Waals surface area contributed by atoms with E-state index in [0.29, 0.717) is 12.0 Å². The number of carboxylic acids is 1. The average molecular weight is 358 g/mol. The van der Waals surface area contributed by atoms with Gasteiger partial charge in [-0.25, -0.2) is 14.2 Å². The van der Waals surface area contributed by atoms with Gasteiger partial charge in [-0.3, -0.25) is 4.79 Å². The van der Waals surface area contributed by atoms with Crippen molar-refractivity contribution in [1.82, 2.24) is 10.3 Å². The number of amides is 1. The van der Waals surface area contributed by atoms with Crippen LogP contribution in [0.2, 0.25) is 0 Å². The molecule has 1 heterocycles. The monoisotopic (exact) mass is 358 g/mol. The molecule has 0 aliphatic carbocycles. The molecule has 0 saturated carbocycles. The van der Waals surface area contributed by atoms with Crippen LogP contribution < -0.4 is 5.32 Å². The zero-order valence-corrected chi connectivity index (χ0v) is 13.9. The number of benzene rings is 2. The molecule has 3 aromatic rings. The van der Waals surface area contributed by atoms with E-state index in [-0.39, 0.29) is 6.42 Å². The Hall–Kier alpha value is -2.80. The summed E-state index contributed by atoms with van der Waals surface area (Å²) in [5, 5.41) is 12.6. The molecule has 0 aliphatic rings. The zero-order chi connectivity index (χ0) is 17.8. The molecule has 2 N–H and O–H groups in total. The molecule has 0 saturated heterocycles. The van der Waals surface area contributed by atoms with Crippen LogP contribution in [0.5, 0.6) is 0 Å². The van der Waals surface area contributed by atoms with Crippen LogP contribution in [0, 0.1) is 5.82 Å². The third kappa shape index (κ3) is 4.19. The number of fused-ring (bicyclic) bond motifs is 1. The molecule has 0 radical (unpaired) electrons. The molecule has 5 nitrogen and oxygen atoms in total. The number of carboxylic acid groups (broad SMARTS) is 1. The van der Waals surface area contributed by atoms with Gasteiger partial charge in [-0.2, -0.15) is 0 Å². The van der Waals surface area contributed by atoms with Crippen LogP contribution in [-0.4, -0.2) is 22.0 Å². The summed E-state index contributed by atoms with van der Waals surface area (Å²) in [6.07, 6.45) is 0.561. The number of hydrogen-bond acceptors (Lipinski definition) is 4. The largest absolute Gasteiger partial charge is 0.479 e. The molecule has 0 aliphatic heterocycles. The number of rotatable bonds is 6. The number of carbonyl (C=O) groups excluding carboxylic acids is 1. The molecule has 1 unspecified atom stereocenters. The number of halogens is 1. The topological polar surface area (TPSA) is 79.3 Å². The molecule has 3 rings (SSSR count). The van der Waals surface area contributed by atoms with Gasteiger partial charge in [0.1, 0.15) is 5.82 Å². The van der Waals surface area contributed by atoms with E-state index < -0.39 is 23.7 Å². The second-order valence-corrected chi connectivity index (χ2v) is 6.58. The average Bonchev–Trinajstić information content (AvgIpc) is 3.01. The number of nitrogens with one attached hydrogen (secondary N) is 1. The summed E-state index contributed by atoms with van der Waals surface area (Å²) in [4.78, 5) is 28.0. The highest BCUT2D eigenvalue weighted by atomic mass is 32.1. The highest BCUT2D eigenvalue weighted by molar-refractivity contribution is 7.18. The van der Waals surface area contributed by atoms with Crippen molar-refractivity contribution in [3.63, 3.8) is 0 Å². The van der Waals surface area contributed by atoms with Crippen LogP contribution >= 0.6 is 11.3 Å². The molecule has 0 bridgehead atoms. The summed E-state index contributed by atoms with van der Waals surface area (Å²) >= 11 is 1.51. The minimum atomic E-state index is -1.21. The van der Waals surface area contributed by atoms with Crippen molar-refractivity contribution in [1.29, 1.82) is 0 Å². The number of thiazole rings is 1. The van der Waals surface area contributed by atoms with Crippen LogP contribution in [0.25, 0.3) is 10.2 Å². The predicted molar refractivity (Wildman–Crippen MR) is 92.9 cm³/mol. The van der Waals surface area contributed by atoms with Gasteiger partial charge in [0.2, 0.25) is 5.91 Å². The normalized spacial score (nSPS) is 12.0. The van der Waals surface area contributed by atoms with Crippen LogP contribution in [0.4, 0.5) is 4.39 Å². The van der Waals surface area contributed by atoms with E-state index >= 15 is 0 Å². The van der Waals surface area contributed by atoms with Crippen molar-refractivity contribution >= 4 is 33.4 Å². The van der Waals surface area contributed by atoms with Crippen LogP contribution in [-0.2, 0) is 16.0 Å². The van der Waals surface area contributed by atoms with Crippen LogP contribution in [0.1, 0.15) is 23.0 Å². The molecule has 128 valence electrons. The SMILES string of the molecule is O=C(CCc1nc2ccccc2s1)NC(C(=O)O)c1ccc(F)cc1. The Morgan fingerprint density at radius 2 is 1.88 bits per heavy atom. The van der Waals surface area contributed by atoms with Crippen molar-refractivity contribution in [2.75, 3.05) is 0 Å². The van der Waals surface area contributed by atoms with E-state index in [9.17, 15) is 19.1 Å². The molecule has 7 heteroatoms. The maximum atomic E-state index is 13.0. The van der Waals surface area contributed by atoms with Crippen molar-refractivity contribution in [2.24, 2.45) is 0 Å². The summed E-state index contributed by atoms with van der Waals surface area (Å²) in [6.45, 7) is 0. The summed E-state index contributed by atoms with van der Waals surface area (Å²) in [5.74, 6) is -2.05. The second kappa shape index (κ2) is 7.40. The summed E-state index contributed by atoms with van der Waals surface area (Å²) in [6, 6.07) is 11.5. The maximum absolute atomic E-state index is 13.0. The van der Waals surface area contributed by atoms with E-state index in [1.165, 1.54) is 35.6 Å². The van der Waals surface area contributed by atoms with Crippen molar-refractivity contribution < 1.29 is 19.1 Å². The molecule has 1 aromatic heterocycles. The van der Waals surface area contributed by atoms with Gasteiger partial charge in [0.15, 0.2) is 6.04 Å². The van der Waals surface area contributed by atoms with Crippen LogP contribution in [0.3, 0.4) is 0 Å². The Balaban J connectivity index is 1.63. The van der Waals surface area contributed by atoms with E-state index in [2.05, 4.69) is 10.3 Å². The standard InChI is InChI=1S/C18H15FN2O3S/c19-12-7-5-11(6-8-12)17(18(23)24)21-15(22)9-10-16-20-13-3-1-2-4-14(13)25-16/h1-8,17H,9-10H2,(H,21,22)(H,23,24).